The summed E-state index contributed by atoms with van der Waals surface area (Å²) in [5, 5.41) is 16.3. The first kappa shape index (κ1) is 13.1. The Bertz CT molecular complexity index is 175. The molecule has 0 amide bonds. The Balaban J connectivity index is 0. The molecule has 0 rings (SSSR count). The molecule has 0 radical (unpaired) electrons. The predicted molar refractivity (Wildman–Crippen MR) is 42.2 cm³/mol. The van der Waals surface area contributed by atoms with Crippen LogP contribution in [0.4, 0.5) is 0 Å². The third-order valence-corrected chi connectivity index (χ3v) is 0.943. The Labute approximate surface area is 80.1 Å². The van der Waals surface area contributed by atoms with Crippen LogP contribution in [0.5, 0.6) is 0 Å². The lowest BCUT2D eigenvalue weighted by molar-refractivity contribution is -0.137. The van der Waals surface area contributed by atoms with Gasteiger partial charge in [0.05, 0.1) is 0 Å². The van der Waals surface area contributed by atoms with E-state index in [4.69, 9.17) is 10.2 Å². The van der Waals surface area contributed by atoms with Gasteiger partial charge in [-0.15, -0.1) is 0 Å². The standard InChI is InChI=1S/C6H8O4.Mg.2H/c1-4(6(9)10)2-3-5(7)8;;;/h1-3H2,(H,7,8)(H,9,10);;;. The zero-order valence-electron chi connectivity index (χ0n) is 5.33. The number of carboxylic acids is 2. The highest BCUT2D eigenvalue weighted by Crippen LogP contribution is 2.01. The molecule has 0 saturated carbocycles. The topological polar surface area (TPSA) is 74.6 Å². The molecule has 0 heterocycles. The van der Waals surface area contributed by atoms with E-state index >= 15 is 0 Å². The average Bonchev–Trinajstić information content (AvgIpc) is 1.82. The largest absolute Gasteiger partial charge is 0.481 e. The summed E-state index contributed by atoms with van der Waals surface area (Å²) in [6, 6.07) is 0. The normalized spacial score (nSPS) is 8.00. The summed E-state index contributed by atoms with van der Waals surface area (Å²) in [7, 11) is 0. The van der Waals surface area contributed by atoms with Crippen LogP contribution in [0, 0.1) is 0 Å². The molecule has 0 bridgehead atoms. The fourth-order valence-corrected chi connectivity index (χ4v) is 0.365. The number of aliphatic carboxylic acids is 2. The summed E-state index contributed by atoms with van der Waals surface area (Å²) >= 11 is 0. The van der Waals surface area contributed by atoms with Crippen LogP contribution in [0.2, 0.25) is 0 Å². The third-order valence-electron chi connectivity index (χ3n) is 0.943. The fraction of sp³-hybridized carbons (Fsp3) is 0.333. The van der Waals surface area contributed by atoms with Crippen LogP contribution in [-0.4, -0.2) is 45.2 Å². The van der Waals surface area contributed by atoms with Gasteiger partial charge in [-0.1, -0.05) is 6.58 Å². The second-order valence-corrected chi connectivity index (χ2v) is 1.80. The van der Waals surface area contributed by atoms with Crippen LogP contribution in [0.25, 0.3) is 0 Å². The van der Waals surface area contributed by atoms with E-state index in [1.165, 1.54) is 0 Å². The van der Waals surface area contributed by atoms with Crippen molar-refractivity contribution in [1.82, 2.24) is 0 Å². The van der Waals surface area contributed by atoms with E-state index in [9.17, 15) is 9.59 Å². The van der Waals surface area contributed by atoms with Gasteiger partial charge in [-0.2, -0.15) is 0 Å². The van der Waals surface area contributed by atoms with Crippen LogP contribution in [0.1, 0.15) is 12.8 Å². The van der Waals surface area contributed by atoms with Gasteiger partial charge in [-0.25, -0.2) is 4.79 Å². The van der Waals surface area contributed by atoms with Crippen molar-refractivity contribution in [1.29, 1.82) is 0 Å². The average molecular weight is 170 g/mol. The van der Waals surface area contributed by atoms with Crippen LogP contribution < -0.4 is 0 Å². The van der Waals surface area contributed by atoms with E-state index in [1.54, 1.807) is 0 Å². The number of hydrogen-bond acceptors (Lipinski definition) is 2. The van der Waals surface area contributed by atoms with Crippen LogP contribution >= 0.6 is 0 Å². The first-order valence-electron chi connectivity index (χ1n) is 2.67. The minimum Gasteiger partial charge on any atom is -0.481 e. The molecule has 0 aliphatic rings. The molecule has 4 nitrogen and oxygen atoms in total. The van der Waals surface area contributed by atoms with E-state index in [2.05, 4.69) is 6.58 Å². The molecule has 0 fully saturated rings. The smallest absolute Gasteiger partial charge is 0.330 e. The lowest BCUT2D eigenvalue weighted by Gasteiger charge is -1.94. The number of carbonyl (C=O) groups is 2. The van der Waals surface area contributed by atoms with E-state index in [0.29, 0.717) is 0 Å². The van der Waals surface area contributed by atoms with Crippen molar-refractivity contribution in [2.45, 2.75) is 12.8 Å². The van der Waals surface area contributed by atoms with Crippen molar-refractivity contribution < 1.29 is 19.8 Å². The van der Waals surface area contributed by atoms with Crippen LogP contribution in [0.3, 0.4) is 0 Å². The molecule has 0 aliphatic carbocycles. The lowest BCUT2D eigenvalue weighted by atomic mass is 10.2. The molecule has 0 aromatic carbocycles. The number of carboxylic acid groups (broad SMARTS) is 2. The Morgan fingerprint density at radius 1 is 1.18 bits per heavy atom. The molecule has 11 heavy (non-hydrogen) atoms. The van der Waals surface area contributed by atoms with Gasteiger partial charge in [0.25, 0.3) is 0 Å². The molecule has 60 valence electrons. The molecular formula is C6H10MgO4. The van der Waals surface area contributed by atoms with Crippen molar-refractivity contribution in [2.24, 2.45) is 0 Å². The van der Waals surface area contributed by atoms with E-state index in [-0.39, 0.29) is 41.5 Å². The Hall–Kier alpha value is -0.554. The van der Waals surface area contributed by atoms with E-state index in [0.717, 1.165) is 0 Å². The SMILES string of the molecule is C=C(CCC(=O)O)C(=O)O.[MgH2]. The highest BCUT2D eigenvalue weighted by atomic mass is 24.3. The molecular weight excluding hydrogens is 160 g/mol. The first-order chi connectivity index (χ1) is 4.54. The minimum atomic E-state index is -1.14. The van der Waals surface area contributed by atoms with Gasteiger partial charge in [0.2, 0.25) is 0 Å². The van der Waals surface area contributed by atoms with Gasteiger partial charge < -0.3 is 10.2 Å². The molecule has 0 unspecified atom stereocenters. The predicted octanol–water partition coefficient (Wildman–Crippen LogP) is -0.424. The number of rotatable bonds is 4. The molecule has 0 saturated heterocycles. The van der Waals surface area contributed by atoms with Gasteiger partial charge in [-0.3, -0.25) is 4.79 Å². The van der Waals surface area contributed by atoms with Crippen LogP contribution in [-0.2, 0) is 9.59 Å². The summed E-state index contributed by atoms with van der Waals surface area (Å²) in [4.78, 5) is 19.9. The van der Waals surface area contributed by atoms with Gasteiger partial charge in [0.15, 0.2) is 0 Å². The van der Waals surface area contributed by atoms with Crippen molar-refractivity contribution in [3.63, 3.8) is 0 Å². The molecule has 0 aromatic heterocycles. The molecule has 5 heteroatoms. The third kappa shape index (κ3) is 7.34. The van der Waals surface area contributed by atoms with Crippen molar-refractivity contribution >= 4 is 35.0 Å². The number of hydrogen-bond donors (Lipinski definition) is 2. The second-order valence-electron chi connectivity index (χ2n) is 1.80. The quantitative estimate of drug-likeness (QED) is 0.444. The Morgan fingerprint density at radius 2 is 1.64 bits per heavy atom. The second kappa shape index (κ2) is 6.18. The summed E-state index contributed by atoms with van der Waals surface area (Å²) in [5.74, 6) is -2.15. The van der Waals surface area contributed by atoms with Crippen molar-refractivity contribution in [3.8, 4) is 0 Å². The van der Waals surface area contributed by atoms with Gasteiger partial charge in [0, 0.05) is 12.0 Å². The maximum atomic E-state index is 10.0. The van der Waals surface area contributed by atoms with Gasteiger partial charge >= 0.3 is 35.0 Å². The Morgan fingerprint density at radius 3 is 1.91 bits per heavy atom. The molecule has 0 aromatic rings. The van der Waals surface area contributed by atoms with Gasteiger partial charge in [0.1, 0.15) is 0 Å². The van der Waals surface area contributed by atoms with E-state index < -0.39 is 11.9 Å². The van der Waals surface area contributed by atoms with Gasteiger partial charge in [-0.05, 0) is 6.42 Å². The summed E-state index contributed by atoms with van der Waals surface area (Å²) in [5.41, 5.74) is -0.0672. The zero-order valence-corrected chi connectivity index (χ0v) is 5.33. The van der Waals surface area contributed by atoms with Crippen molar-refractivity contribution in [3.05, 3.63) is 12.2 Å². The first-order valence-corrected chi connectivity index (χ1v) is 2.67. The highest BCUT2D eigenvalue weighted by Gasteiger charge is 2.05. The molecule has 0 aliphatic heterocycles. The summed E-state index contributed by atoms with van der Waals surface area (Å²) < 4.78 is 0. The maximum absolute atomic E-state index is 10.0. The minimum absolute atomic E-state index is 0. The summed E-state index contributed by atoms with van der Waals surface area (Å²) in [6.07, 6.45) is -0.171. The monoisotopic (exact) mass is 170 g/mol. The highest BCUT2D eigenvalue weighted by molar-refractivity contribution is 5.86. The Kier molecular flexibility index (Phi) is 7.34. The molecule has 0 atom stereocenters. The molecule has 0 spiro atoms. The lowest BCUT2D eigenvalue weighted by Crippen LogP contribution is -2.02. The zero-order chi connectivity index (χ0) is 8.15. The van der Waals surface area contributed by atoms with Crippen molar-refractivity contribution in [2.75, 3.05) is 0 Å². The van der Waals surface area contributed by atoms with Crippen LogP contribution in [0.15, 0.2) is 12.2 Å². The molecule has 2 N–H and O–H groups in total. The van der Waals surface area contributed by atoms with E-state index in [1.807, 2.05) is 0 Å². The maximum Gasteiger partial charge on any atom is 0.330 e. The summed E-state index contributed by atoms with van der Waals surface area (Å²) in [6.45, 7) is 3.16. The fourth-order valence-electron chi connectivity index (χ4n) is 0.365.